The van der Waals surface area contributed by atoms with E-state index in [4.69, 9.17) is 14.6 Å². The van der Waals surface area contributed by atoms with Gasteiger partial charge in [-0.3, -0.25) is 0 Å². The molecule has 0 unspecified atom stereocenters. The van der Waals surface area contributed by atoms with Crippen LogP contribution < -0.4 is 5.32 Å². The Balaban J connectivity index is 1.54. The third-order valence-corrected chi connectivity index (χ3v) is 4.66. The van der Waals surface area contributed by atoms with E-state index in [2.05, 4.69) is 25.6 Å². The Bertz CT molecular complexity index is 1130. The first-order valence-corrected chi connectivity index (χ1v) is 9.98. The SMILES string of the molecule is COCCOCc1cccc(-n2nnc3cnc(Nc4ccc(CCO)cc4)nc32)c1. The average molecular weight is 420 g/mol. The van der Waals surface area contributed by atoms with Gasteiger partial charge in [-0.1, -0.05) is 29.5 Å². The predicted molar refractivity (Wildman–Crippen MR) is 117 cm³/mol. The van der Waals surface area contributed by atoms with Crippen LogP contribution in [0, 0.1) is 0 Å². The quantitative estimate of drug-likeness (QED) is 0.377. The largest absolute Gasteiger partial charge is 0.396 e. The molecule has 0 saturated heterocycles. The maximum atomic E-state index is 9.04. The van der Waals surface area contributed by atoms with Crippen molar-refractivity contribution in [2.24, 2.45) is 0 Å². The van der Waals surface area contributed by atoms with Crippen LogP contribution in [0.5, 0.6) is 0 Å². The minimum atomic E-state index is 0.129. The maximum absolute atomic E-state index is 9.04. The van der Waals surface area contributed by atoms with Crippen LogP contribution in [0.1, 0.15) is 11.1 Å². The lowest BCUT2D eigenvalue weighted by atomic mass is 10.1. The molecule has 0 bridgehead atoms. The van der Waals surface area contributed by atoms with Crippen molar-refractivity contribution in [2.45, 2.75) is 13.0 Å². The Labute approximate surface area is 179 Å². The van der Waals surface area contributed by atoms with Crippen LogP contribution in [0.15, 0.2) is 54.7 Å². The van der Waals surface area contributed by atoms with Crippen molar-refractivity contribution in [2.75, 3.05) is 32.2 Å². The van der Waals surface area contributed by atoms with Crippen molar-refractivity contribution < 1.29 is 14.6 Å². The number of aromatic nitrogens is 5. The minimum absolute atomic E-state index is 0.129. The molecule has 0 fully saturated rings. The molecule has 4 rings (SSSR count). The summed E-state index contributed by atoms with van der Waals surface area (Å²) in [6, 6.07) is 15.7. The number of ether oxygens (including phenoxy) is 2. The van der Waals surface area contributed by atoms with Gasteiger partial charge in [0.1, 0.15) is 0 Å². The number of aliphatic hydroxyl groups excluding tert-OH is 1. The molecule has 9 nitrogen and oxygen atoms in total. The first-order chi connectivity index (χ1) is 15.3. The number of benzene rings is 2. The summed E-state index contributed by atoms with van der Waals surface area (Å²) in [5.41, 5.74) is 4.99. The van der Waals surface area contributed by atoms with Gasteiger partial charge in [-0.05, 0) is 41.8 Å². The van der Waals surface area contributed by atoms with Gasteiger partial charge >= 0.3 is 0 Å². The zero-order valence-corrected chi connectivity index (χ0v) is 17.2. The highest BCUT2D eigenvalue weighted by molar-refractivity contribution is 5.72. The number of hydrogen-bond acceptors (Lipinski definition) is 8. The van der Waals surface area contributed by atoms with Gasteiger partial charge in [0.15, 0.2) is 11.2 Å². The summed E-state index contributed by atoms with van der Waals surface area (Å²) in [7, 11) is 1.65. The summed E-state index contributed by atoms with van der Waals surface area (Å²) >= 11 is 0. The van der Waals surface area contributed by atoms with Gasteiger partial charge in [0.25, 0.3) is 0 Å². The van der Waals surface area contributed by atoms with Crippen LogP contribution >= 0.6 is 0 Å². The molecule has 4 aromatic rings. The highest BCUT2D eigenvalue weighted by Crippen LogP contribution is 2.19. The monoisotopic (exact) mass is 420 g/mol. The zero-order chi connectivity index (χ0) is 21.5. The second kappa shape index (κ2) is 10.1. The van der Waals surface area contributed by atoms with Gasteiger partial charge in [0, 0.05) is 19.4 Å². The zero-order valence-electron chi connectivity index (χ0n) is 17.2. The second-order valence-electron chi connectivity index (χ2n) is 6.91. The summed E-state index contributed by atoms with van der Waals surface area (Å²) in [6.45, 7) is 1.71. The molecule has 160 valence electrons. The van der Waals surface area contributed by atoms with E-state index in [9.17, 15) is 0 Å². The van der Waals surface area contributed by atoms with Crippen molar-refractivity contribution in [3.63, 3.8) is 0 Å². The van der Waals surface area contributed by atoms with E-state index >= 15 is 0 Å². The molecule has 9 heteroatoms. The van der Waals surface area contributed by atoms with Gasteiger partial charge in [-0.2, -0.15) is 9.67 Å². The molecule has 31 heavy (non-hydrogen) atoms. The van der Waals surface area contributed by atoms with Crippen LogP contribution in [0.4, 0.5) is 11.6 Å². The minimum Gasteiger partial charge on any atom is -0.396 e. The molecule has 0 aliphatic carbocycles. The number of methoxy groups -OCH3 is 1. The van der Waals surface area contributed by atoms with Crippen LogP contribution in [0.3, 0.4) is 0 Å². The van der Waals surface area contributed by atoms with Gasteiger partial charge < -0.3 is 19.9 Å². The fraction of sp³-hybridized carbons (Fsp3) is 0.273. The Morgan fingerprint density at radius 1 is 1.06 bits per heavy atom. The molecule has 0 atom stereocenters. The molecule has 2 aromatic carbocycles. The van der Waals surface area contributed by atoms with Crippen molar-refractivity contribution in [3.8, 4) is 5.69 Å². The van der Waals surface area contributed by atoms with Crippen molar-refractivity contribution in [1.29, 1.82) is 0 Å². The first-order valence-electron chi connectivity index (χ1n) is 9.98. The second-order valence-corrected chi connectivity index (χ2v) is 6.91. The number of rotatable bonds is 10. The topological polar surface area (TPSA) is 107 Å². The molecule has 2 heterocycles. The Morgan fingerprint density at radius 2 is 1.94 bits per heavy atom. The van der Waals surface area contributed by atoms with E-state index in [1.54, 1.807) is 18.0 Å². The predicted octanol–water partition coefficient (Wildman–Crippen LogP) is 2.65. The van der Waals surface area contributed by atoms with Crippen LogP contribution in [0.25, 0.3) is 16.9 Å². The molecule has 0 aliphatic heterocycles. The fourth-order valence-corrected chi connectivity index (χ4v) is 3.09. The van der Waals surface area contributed by atoms with E-state index in [1.807, 2.05) is 48.5 Å². The summed E-state index contributed by atoms with van der Waals surface area (Å²) in [6.07, 6.45) is 2.27. The molecular formula is C22H24N6O3. The van der Waals surface area contributed by atoms with E-state index in [1.165, 1.54) is 0 Å². The molecule has 0 saturated carbocycles. The average Bonchev–Trinajstić information content (AvgIpc) is 3.22. The summed E-state index contributed by atoms with van der Waals surface area (Å²) < 4.78 is 12.3. The Hall–Kier alpha value is -3.40. The highest BCUT2D eigenvalue weighted by atomic mass is 16.5. The number of nitrogens with one attached hydrogen (secondary N) is 1. The van der Waals surface area contributed by atoms with Crippen molar-refractivity contribution in [1.82, 2.24) is 25.0 Å². The molecule has 0 radical (unpaired) electrons. The summed E-state index contributed by atoms with van der Waals surface area (Å²) in [4.78, 5) is 8.94. The lowest BCUT2D eigenvalue weighted by molar-refractivity contribution is 0.0616. The van der Waals surface area contributed by atoms with Gasteiger partial charge in [0.2, 0.25) is 5.95 Å². The molecule has 0 amide bonds. The number of aliphatic hydroxyl groups is 1. The fourth-order valence-electron chi connectivity index (χ4n) is 3.09. The molecular weight excluding hydrogens is 396 g/mol. The number of fused-ring (bicyclic) bond motifs is 1. The number of anilines is 2. The van der Waals surface area contributed by atoms with Crippen molar-refractivity contribution >= 4 is 22.8 Å². The van der Waals surface area contributed by atoms with Crippen molar-refractivity contribution in [3.05, 3.63) is 65.9 Å². The lowest BCUT2D eigenvalue weighted by Gasteiger charge is -2.08. The lowest BCUT2D eigenvalue weighted by Crippen LogP contribution is -2.04. The normalized spacial score (nSPS) is 11.2. The van der Waals surface area contributed by atoms with Crippen LogP contribution in [0.2, 0.25) is 0 Å². The third kappa shape index (κ3) is 5.21. The van der Waals surface area contributed by atoms with E-state index in [-0.39, 0.29) is 6.61 Å². The summed E-state index contributed by atoms with van der Waals surface area (Å²) in [5.74, 6) is 0.449. The highest BCUT2D eigenvalue weighted by Gasteiger charge is 2.11. The smallest absolute Gasteiger partial charge is 0.229 e. The van der Waals surface area contributed by atoms with Crippen LogP contribution in [-0.4, -0.2) is 57.0 Å². The van der Waals surface area contributed by atoms with Crippen LogP contribution in [-0.2, 0) is 22.5 Å². The van der Waals surface area contributed by atoms with E-state index < -0.39 is 0 Å². The van der Waals surface area contributed by atoms with E-state index in [0.29, 0.717) is 43.4 Å². The van der Waals surface area contributed by atoms with Gasteiger partial charge in [-0.25, -0.2) is 4.98 Å². The van der Waals surface area contributed by atoms with E-state index in [0.717, 1.165) is 22.5 Å². The molecule has 0 spiro atoms. The maximum Gasteiger partial charge on any atom is 0.229 e. The Kier molecular flexibility index (Phi) is 6.78. The third-order valence-electron chi connectivity index (χ3n) is 4.66. The molecule has 2 aromatic heterocycles. The Morgan fingerprint density at radius 3 is 2.74 bits per heavy atom. The summed E-state index contributed by atoms with van der Waals surface area (Å²) in [5, 5.41) is 20.7. The number of hydrogen-bond donors (Lipinski definition) is 2. The first kappa shape index (κ1) is 20.9. The molecule has 0 aliphatic rings. The van der Waals surface area contributed by atoms with Gasteiger partial charge in [-0.15, -0.1) is 5.10 Å². The standard InChI is InChI=1S/C22H24N6O3/c1-30-11-12-31-15-17-3-2-4-19(13-17)28-21-20(26-27-28)14-23-22(25-21)24-18-7-5-16(6-8-18)9-10-29/h2-8,13-14,29H,9-12,15H2,1H3,(H,23,24,25). The molecule has 2 N–H and O–H groups in total. The van der Waals surface area contributed by atoms with Gasteiger partial charge in [0.05, 0.1) is 31.7 Å². The number of nitrogens with zero attached hydrogens (tertiary/aromatic N) is 5.